The Hall–Kier alpha value is -0.120. The molecule has 3 heteroatoms. The lowest BCUT2D eigenvalue weighted by Crippen LogP contribution is -2.44. The largest absolute Gasteiger partial charge is 0.396 e. The van der Waals surface area contributed by atoms with Gasteiger partial charge in [-0.05, 0) is 32.2 Å². The van der Waals surface area contributed by atoms with Gasteiger partial charge in [0.1, 0.15) is 0 Å². The van der Waals surface area contributed by atoms with E-state index in [9.17, 15) is 5.11 Å². The maximum Gasteiger partial charge on any atom is 0.0496 e. The van der Waals surface area contributed by atoms with E-state index >= 15 is 0 Å². The Morgan fingerprint density at radius 2 is 2.19 bits per heavy atom. The lowest BCUT2D eigenvalue weighted by Gasteiger charge is -2.30. The highest BCUT2D eigenvalue weighted by molar-refractivity contribution is 4.96. The van der Waals surface area contributed by atoms with Gasteiger partial charge in [0.05, 0.1) is 0 Å². The fraction of sp³-hybridized carbons (Fsp3) is 1.00. The maximum atomic E-state index is 9.40. The van der Waals surface area contributed by atoms with E-state index in [4.69, 9.17) is 0 Å². The van der Waals surface area contributed by atoms with E-state index in [0.29, 0.717) is 6.04 Å². The molecule has 94 valence electrons. The minimum absolute atomic E-state index is 0.0615. The summed E-state index contributed by atoms with van der Waals surface area (Å²) in [4.78, 5) is 2.62. The highest BCUT2D eigenvalue weighted by Crippen LogP contribution is 2.29. The molecule has 0 aromatic heterocycles. The normalized spacial score (nSPS) is 33.9. The molecule has 2 aliphatic heterocycles. The Morgan fingerprint density at radius 1 is 1.38 bits per heavy atom. The van der Waals surface area contributed by atoms with Crippen molar-refractivity contribution < 1.29 is 5.11 Å². The van der Waals surface area contributed by atoms with Gasteiger partial charge in [-0.25, -0.2) is 0 Å². The van der Waals surface area contributed by atoms with E-state index in [1.165, 1.54) is 32.4 Å². The van der Waals surface area contributed by atoms with Gasteiger partial charge in [-0.2, -0.15) is 0 Å². The molecule has 16 heavy (non-hydrogen) atoms. The summed E-state index contributed by atoms with van der Waals surface area (Å²) in [5.74, 6) is 0. The number of fused-ring (bicyclic) bond motifs is 1. The van der Waals surface area contributed by atoms with Crippen molar-refractivity contribution in [2.75, 3.05) is 26.2 Å². The predicted molar refractivity (Wildman–Crippen MR) is 66.5 cm³/mol. The molecule has 0 radical (unpaired) electrons. The SMILES string of the molecule is CCC(C)(CO)CNC1CCN2CCCC12. The van der Waals surface area contributed by atoms with Gasteiger partial charge in [-0.1, -0.05) is 13.8 Å². The van der Waals surface area contributed by atoms with Crippen LogP contribution in [0.5, 0.6) is 0 Å². The van der Waals surface area contributed by atoms with Gasteiger partial charge < -0.3 is 10.4 Å². The molecule has 0 aromatic carbocycles. The molecule has 2 aliphatic rings. The van der Waals surface area contributed by atoms with Crippen molar-refractivity contribution in [2.24, 2.45) is 5.41 Å². The first-order valence-electron chi connectivity index (χ1n) is 6.77. The average Bonchev–Trinajstić information content (AvgIpc) is 2.89. The molecule has 2 N–H and O–H groups in total. The lowest BCUT2D eigenvalue weighted by molar-refractivity contribution is 0.129. The second-order valence-corrected chi connectivity index (χ2v) is 5.84. The van der Waals surface area contributed by atoms with E-state index in [1.54, 1.807) is 0 Å². The molecule has 0 bridgehead atoms. The predicted octanol–water partition coefficient (Wildman–Crippen LogP) is 1.22. The van der Waals surface area contributed by atoms with E-state index in [0.717, 1.165) is 19.0 Å². The third kappa shape index (κ3) is 2.41. The molecule has 0 aromatic rings. The van der Waals surface area contributed by atoms with Gasteiger partial charge in [0.25, 0.3) is 0 Å². The fourth-order valence-corrected chi connectivity index (χ4v) is 2.99. The molecule has 0 amide bonds. The molecule has 2 saturated heterocycles. The quantitative estimate of drug-likeness (QED) is 0.740. The van der Waals surface area contributed by atoms with E-state index < -0.39 is 0 Å². The third-order valence-corrected chi connectivity index (χ3v) is 4.63. The van der Waals surface area contributed by atoms with Crippen molar-refractivity contribution in [3.05, 3.63) is 0 Å². The van der Waals surface area contributed by atoms with Crippen LogP contribution >= 0.6 is 0 Å². The van der Waals surface area contributed by atoms with Gasteiger partial charge in [0.15, 0.2) is 0 Å². The number of hydrogen-bond donors (Lipinski definition) is 2. The summed E-state index contributed by atoms with van der Waals surface area (Å²) in [7, 11) is 0. The minimum atomic E-state index is 0.0615. The smallest absolute Gasteiger partial charge is 0.0496 e. The highest BCUT2D eigenvalue weighted by Gasteiger charge is 2.37. The first-order valence-corrected chi connectivity index (χ1v) is 6.77. The van der Waals surface area contributed by atoms with Crippen LogP contribution in [0.4, 0.5) is 0 Å². The standard InChI is InChI=1S/C13H26N2O/c1-3-13(2,10-16)9-14-11-6-8-15-7-4-5-12(11)15/h11-12,14,16H,3-10H2,1-2H3. The van der Waals surface area contributed by atoms with Crippen molar-refractivity contribution in [3.63, 3.8) is 0 Å². The van der Waals surface area contributed by atoms with Gasteiger partial charge in [-0.3, -0.25) is 4.90 Å². The number of aliphatic hydroxyl groups excluding tert-OH is 1. The van der Waals surface area contributed by atoms with Crippen LogP contribution in [0.2, 0.25) is 0 Å². The molecule has 2 rings (SSSR count). The zero-order valence-electron chi connectivity index (χ0n) is 10.7. The van der Waals surface area contributed by atoms with Crippen LogP contribution in [0, 0.1) is 5.41 Å². The monoisotopic (exact) mass is 226 g/mol. The molecule has 3 atom stereocenters. The van der Waals surface area contributed by atoms with E-state index in [1.807, 2.05) is 0 Å². The Bertz CT molecular complexity index is 228. The fourth-order valence-electron chi connectivity index (χ4n) is 2.99. The van der Waals surface area contributed by atoms with Crippen molar-refractivity contribution in [3.8, 4) is 0 Å². The summed E-state index contributed by atoms with van der Waals surface area (Å²) in [5, 5.41) is 13.1. The van der Waals surface area contributed by atoms with Crippen LogP contribution in [-0.4, -0.2) is 48.3 Å². The average molecular weight is 226 g/mol. The summed E-state index contributed by atoms with van der Waals surface area (Å²) in [6.07, 6.45) is 5.06. The van der Waals surface area contributed by atoms with Crippen LogP contribution < -0.4 is 5.32 Å². The lowest BCUT2D eigenvalue weighted by atomic mass is 9.88. The van der Waals surface area contributed by atoms with Gasteiger partial charge in [0.2, 0.25) is 0 Å². The molecule has 0 spiro atoms. The van der Waals surface area contributed by atoms with Crippen molar-refractivity contribution in [2.45, 2.75) is 51.6 Å². The first kappa shape index (κ1) is 12.3. The van der Waals surface area contributed by atoms with Crippen molar-refractivity contribution in [1.29, 1.82) is 0 Å². The molecule has 2 fully saturated rings. The molecule has 0 saturated carbocycles. The highest BCUT2D eigenvalue weighted by atomic mass is 16.3. The van der Waals surface area contributed by atoms with Crippen LogP contribution in [0.1, 0.15) is 39.5 Å². The van der Waals surface area contributed by atoms with Gasteiger partial charge in [-0.15, -0.1) is 0 Å². The summed E-state index contributed by atoms with van der Waals surface area (Å²) < 4.78 is 0. The van der Waals surface area contributed by atoms with Crippen LogP contribution in [-0.2, 0) is 0 Å². The van der Waals surface area contributed by atoms with Crippen LogP contribution in [0.25, 0.3) is 0 Å². The number of rotatable bonds is 5. The number of aliphatic hydroxyl groups is 1. The zero-order valence-corrected chi connectivity index (χ0v) is 10.7. The van der Waals surface area contributed by atoms with Crippen LogP contribution in [0.3, 0.4) is 0 Å². The van der Waals surface area contributed by atoms with Gasteiger partial charge in [0, 0.05) is 37.2 Å². The molecular formula is C13H26N2O. The van der Waals surface area contributed by atoms with E-state index in [2.05, 4.69) is 24.1 Å². The minimum Gasteiger partial charge on any atom is -0.396 e. The van der Waals surface area contributed by atoms with Crippen molar-refractivity contribution >= 4 is 0 Å². The Kier molecular flexibility index (Phi) is 3.88. The molecule has 3 nitrogen and oxygen atoms in total. The third-order valence-electron chi connectivity index (χ3n) is 4.63. The molecular weight excluding hydrogens is 200 g/mol. The summed E-state index contributed by atoms with van der Waals surface area (Å²) >= 11 is 0. The van der Waals surface area contributed by atoms with E-state index in [-0.39, 0.29) is 12.0 Å². The number of hydrogen-bond acceptors (Lipinski definition) is 3. The Morgan fingerprint density at radius 3 is 2.88 bits per heavy atom. The van der Waals surface area contributed by atoms with Gasteiger partial charge >= 0.3 is 0 Å². The summed E-state index contributed by atoms with van der Waals surface area (Å²) in [6, 6.07) is 1.44. The summed E-state index contributed by atoms with van der Waals surface area (Å²) in [6.45, 7) is 8.14. The first-order chi connectivity index (χ1) is 7.68. The molecule has 2 heterocycles. The topological polar surface area (TPSA) is 35.5 Å². The molecule has 0 aliphatic carbocycles. The summed E-state index contributed by atoms with van der Waals surface area (Å²) in [5.41, 5.74) is 0.0615. The number of nitrogens with zero attached hydrogens (tertiary/aromatic N) is 1. The number of nitrogens with one attached hydrogen (secondary N) is 1. The molecule has 3 unspecified atom stereocenters. The van der Waals surface area contributed by atoms with Crippen LogP contribution in [0.15, 0.2) is 0 Å². The maximum absolute atomic E-state index is 9.40. The Balaban J connectivity index is 1.82. The zero-order chi connectivity index (χ0) is 11.6. The second-order valence-electron chi connectivity index (χ2n) is 5.84. The van der Waals surface area contributed by atoms with Crippen molar-refractivity contribution in [1.82, 2.24) is 10.2 Å². The second kappa shape index (κ2) is 5.03. The Labute approximate surface area is 99.2 Å².